The van der Waals surface area contributed by atoms with Gasteiger partial charge in [0.25, 0.3) is 5.69 Å². The van der Waals surface area contributed by atoms with Gasteiger partial charge in [-0.3, -0.25) is 10.1 Å². The van der Waals surface area contributed by atoms with Crippen molar-refractivity contribution < 1.29 is 32.8 Å². The summed E-state index contributed by atoms with van der Waals surface area (Å²) in [6.45, 7) is 0. The molecule has 0 aromatic heterocycles. The number of halogens is 3. The summed E-state index contributed by atoms with van der Waals surface area (Å²) in [4.78, 5) is 32.8. The largest absolute Gasteiger partial charge is 0.478 e. The number of carboxylic acid groups (broad SMARTS) is 1. The Kier molecular flexibility index (Phi) is 4.82. The average molecular weight is 369 g/mol. The van der Waals surface area contributed by atoms with Crippen LogP contribution >= 0.6 is 0 Å². The number of nitro groups is 1. The van der Waals surface area contributed by atoms with Gasteiger partial charge < -0.3 is 16.2 Å². The molecule has 0 fully saturated rings. The normalized spacial score (nSPS) is 11.0. The predicted octanol–water partition coefficient (Wildman–Crippen LogP) is 3.47. The van der Waals surface area contributed by atoms with Gasteiger partial charge in [0.2, 0.25) is 0 Å². The van der Waals surface area contributed by atoms with Crippen LogP contribution in [0.4, 0.5) is 29.3 Å². The van der Waals surface area contributed by atoms with Crippen LogP contribution in [0.2, 0.25) is 0 Å². The second kappa shape index (κ2) is 6.70. The summed E-state index contributed by atoms with van der Waals surface area (Å²) in [5.74, 6) is -1.70. The molecule has 2 rings (SSSR count). The molecule has 0 saturated carbocycles. The Labute approximate surface area is 143 Å². The highest BCUT2D eigenvalue weighted by Gasteiger charge is 2.35. The maximum Gasteiger partial charge on any atom is 0.417 e. The highest BCUT2D eigenvalue weighted by atomic mass is 19.4. The van der Waals surface area contributed by atoms with Gasteiger partial charge in [0.1, 0.15) is 0 Å². The first-order chi connectivity index (χ1) is 12.0. The Balaban J connectivity index is 2.92. The van der Waals surface area contributed by atoms with E-state index in [-0.39, 0.29) is 0 Å². The summed E-state index contributed by atoms with van der Waals surface area (Å²) >= 11 is 0. The van der Waals surface area contributed by atoms with Crippen molar-refractivity contribution in [1.82, 2.24) is 0 Å². The van der Waals surface area contributed by atoms with E-state index in [1.165, 1.54) is 6.07 Å². The quantitative estimate of drug-likeness (QED) is 0.560. The van der Waals surface area contributed by atoms with Crippen molar-refractivity contribution in [2.45, 2.75) is 6.18 Å². The van der Waals surface area contributed by atoms with Gasteiger partial charge in [-0.1, -0.05) is 18.2 Å². The fourth-order valence-corrected chi connectivity index (χ4v) is 2.37. The molecular formula is C15H10F3N3O5. The number of amides is 2. The number of aromatic carboxylic acids is 1. The SMILES string of the molecule is NC(=O)Nc1cc([N+](=O)[O-])cc(-c2ccccc2C(F)(F)F)c1C(=O)O. The summed E-state index contributed by atoms with van der Waals surface area (Å²) in [6.07, 6.45) is -4.84. The third-order valence-electron chi connectivity index (χ3n) is 3.33. The van der Waals surface area contributed by atoms with E-state index in [2.05, 4.69) is 0 Å². The fourth-order valence-electron chi connectivity index (χ4n) is 2.37. The summed E-state index contributed by atoms with van der Waals surface area (Å²) in [7, 11) is 0. The molecule has 11 heteroatoms. The lowest BCUT2D eigenvalue weighted by atomic mass is 9.93. The smallest absolute Gasteiger partial charge is 0.417 e. The Morgan fingerprint density at radius 3 is 2.27 bits per heavy atom. The van der Waals surface area contributed by atoms with Gasteiger partial charge in [0.15, 0.2) is 0 Å². The number of carbonyl (C=O) groups is 2. The minimum Gasteiger partial charge on any atom is -0.478 e. The summed E-state index contributed by atoms with van der Waals surface area (Å²) in [5, 5.41) is 22.4. The van der Waals surface area contributed by atoms with Gasteiger partial charge >= 0.3 is 18.2 Å². The van der Waals surface area contributed by atoms with Crippen molar-refractivity contribution in [3.8, 4) is 11.1 Å². The molecule has 0 bridgehead atoms. The van der Waals surface area contributed by atoms with Crippen LogP contribution in [0.25, 0.3) is 11.1 Å². The first kappa shape index (κ1) is 18.7. The van der Waals surface area contributed by atoms with Gasteiger partial charge in [-0.25, -0.2) is 9.59 Å². The summed E-state index contributed by atoms with van der Waals surface area (Å²) in [6, 6.07) is 4.16. The predicted molar refractivity (Wildman–Crippen MR) is 83.7 cm³/mol. The van der Waals surface area contributed by atoms with E-state index in [4.69, 9.17) is 5.73 Å². The van der Waals surface area contributed by atoms with Crippen LogP contribution in [-0.2, 0) is 6.18 Å². The molecule has 0 spiro atoms. The van der Waals surface area contributed by atoms with Crippen molar-refractivity contribution in [1.29, 1.82) is 0 Å². The van der Waals surface area contributed by atoms with Crippen LogP contribution in [0.1, 0.15) is 15.9 Å². The molecule has 8 nitrogen and oxygen atoms in total. The number of nitrogens with zero attached hydrogens (tertiary/aromatic N) is 1. The number of carboxylic acids is 1. The molecule has 0 aliphatic carbocycles. The van der Waals surface area contributed by atoms with E-state index in [1.807, 2.05) is 5.32 Å². The average Bonchev–Trinajstić information content (AvgIpc) is 2.52. The van der Waals surface area contributed by atoms with Crippen LogP contribution in [0.15, 0.2) is 36.4 Å². The van der Waals surface area contributed by atoms with Crippen molar-refractivity contribution >= 4 is 23.4 Å². The molecule has 0 aliphatic heterocycles. The second-order valence-electron chi connectivity index (χ2n) is 5.01. The fraction of sp³-hybridized carbons (Fsp3) is 0.0667. The second-order valence-corrected chi connectivity index (χ2v) is 5.01. The number of anilines is 1. The van der Waals surface area contributed by atoms with Crippen LogP contribution < -0.4 is 11.1 Å². The van der Waals surface area contributed by atoms with Crippen molar-refractivity contribution in [2.24, 2.45) is 5.73 Å². The number of hydrogen-bond donors (Lipinski definition) is 3. The molecule has 0 atom stereocenters. The Bertz CT molecular complexity index is 912. The highest BCUT2D eigenvalue weighted by molar-refractivity contribution is 6.06. The van der Waals surface area contributed by atoms with E-state index >= 15 is 0 Å². The molecule has 2 amide bonds. The number of nitro benzene ring substituents is 1. The monoisotopic (exact) mass is 369 g/mol. The van der Waals surface area contributed by atoms with Crippen LogP contribution in [0.5, 0.6) is 0 Å². The van der Waals surface area contributed by atoms with Crippen LogP contribution in [0.3, 0.4) is 0 Å². The number of non-ortho nitro benzene ring substituents is 1. The van der Waals surface area contributed by atoms with Gasteiger partial charge in [0, 0.05) is 17.7 Å². The maximum absolute atomic E-state index is 13.3. The Morgan fingerprint density at radius 1 is 1.15 bits per heavy atom. The summed E-state index contributed by atoms with van der Waals surface area (Å²) in [5.41, 5.74) is 0.492. The number of alkyl halides is 3. The van der Waals surface area contributed by atoms with Crippen LogP contribution in [0, 0.1) is 10.1 Å². The molecule has 0 radical (unpaired) electrons. The summed E-state index contributed by atoms with van der Waals surface area (Å²) < 4.78 is 39.8. The Morgan fingerprint density at radius 2 is 1.77 bits per heavy atom. The number of hydrogen-bond acceptors (Lipinski definition) is 4. The molecule has 0 unspecified atom stereocenters. The third kappa shape index (κ3) is 3.71. The minimum atomic E-state index is -4.84. The van der Waals surface area contributed by atoms with Gasteiger partial charge in [0.05, 0.1) is 21.7 Å². The maximum atomic E-state index is 13.3. The number of nitrogens with two attached hydrogens (primary N) is 1. The van der Waals surface area contributed by atoms with Crippen molar-refractivity contribution in [3.05, 3.63) is 57.6 Å². The third-order valence-corrected chi connectivity index (χ3v) is 3.33. The van der Waals surface area contributed by atoms with Crippen LogP contribution in [-0.4, -0.2) is 22.0 Å². The van der Waals surface area contributed by atoms with E-state index in [9.17, 15) is 38.0 Å². The van der Waals surface area contributed by atoms with Gasteiger partial charge in [-0.05, 0) is 11.6 Å². The van der Waals surface area contributed by atoms with Crippen molar-refractivity contribution in [3.63, 3.8) is 0 Å². The molecule has 136 valence electrons. The number of rotatable bonds is 4. The first-order valence-corrected chi connectivity index (χ1v) is 6.81. The van der Waals surface area contributed by atoms with Gasteiger partial charge in [-0.2, -0.15) is 13.2 Å². The van der Waals surface area contributed by atoms with E-state index < -0.39 is 56.7 Å². The number of primary amides is 1. The zero-order valence-electron chi connectivity index (χ0n) is 12.7. The molecule has 4 N–H and O–H groups in total. The lowest BCUT2D eigenvalue weighted by Crippen LogP contribution is -2.21. The molecule has 26 heavy (non-hydrogen) atoms. The van der Waals surface area contributed by atoms with E-state index in [1.54, 1.807) is 0 Å². The highest BCUT2D eigenvalue weighted by Crippen LogP contribution is 2.41. The Hall–Kier alpha value is -3.63. The molecular weight excluding hydrogens is 359 g/mol. The molecule has 2 aromatic carbocycles. The number of urea groups is 1. The van der Waals surface area contributed by atoms with E-state index in [0.717, 1.165) is 12.1 Å². The van der Waals surface area contributed by atoms with Gasteiger partial charge in [-0.15, -0.1) is 0 Å². The zero-order chi connectivity index (χ0) is 19.6. The first-order valence-electron chi connectivity index (χ1n) is 6.81. The molecule has 0 saturated heterocycles. The number of nitrogens with one attached hydrogen (secondary N) is 1. The molecule has 2 aromatic rings. The number of benzene rings is 2. The minimum absolute atomic E-state index is 0.580. The number of carbonyl (C=O) groups excluding carboxylic acids is 1. The topological polar surface area (TPSA) is 136 Å². The molecule has 0 heterocycles. The standard InChI is InChI=1S/C15H10F3N3O5/c16-15(17,18)10-4-2-1-3-8(10)9-5-7(21(25)26)6-11(20-14(19)24)12(9)13(22)23/h1-6H,(H,22,23)(H3,19,20,24). The molecule has 0 aliphatic rings. The van der Waals surface area contributed by atoms with E-state index in [0.29, 0.717) is 18.2 Å². The zero-order valence-corrected chi connectivity index (χ0v) is 12.7. The van der Waals surface area contributed by atoms with Crippen molar-refractivity contribution in [2.75, 3.05) is 5.32 Å². The lowest BCUT2D eigenvalue weighted by Gasteiger charge is -2.16. The lowest BCUT2D eigenvalue weighted by molar-refractivity contribution is -0.384.